The van der Waals surface area contributed by atoms with Crippen LogP contribution in [-0.2, 0) is 6.54 Å². The molecule has 1 saturated heterocycles. The van der Waals surface area contributed by atoms with Gasteiger partial charge in [0.1, 0.15) is 5.69 Å². The maximum atomic E-state index is 11.3. The van der Waals surface area contributed by atoms with Gasteiger partial charge < -0.3 is 10.2 Å². The molecule has 2 heterocycles. The van der Waals surface area contributed by atoms with Gasteiger partial charge in [0, 0.05) is 32.2 Å². The third kappa shape index (κ3) is 2.70. The molecule has 0 bridgehead atoms. The van der Waals surface area contributed by atoms with Crippen LogP contribution in [0.15, 0.2) is 0 Å². The first kappa shape index (κ1) is 13.8. The van der Waals surface area contributed by atoms with Crippen molar-refractivity contribution in [3.63, 3.8) is 0 Å². The Kier molecular flexibility index (Phi) is 4.04. The molecular formula is C12H21N5O2. The fraction of sp³-hybridized carbons (Fsp3) is 0.750. The van der Waals surface area contributed by atoms with E-state index in [2.05, 4.69) is 22.2 Å². The van der Waals surface area contributed by atoms with Crippen molar-refractivity contribution in [3.8, 4) is 0 Å². The molecule has 0 unspecified atom stereocenters. The van der Waals surface area contributed by atoms with Crippen molar-refractivity contribution < 1.29 is 4.92 Å². The van der Waals surface area contributed by atoms with Crippen LogP contribution in [0.4, 0.5) is 11.5 Å². The second-order valence-corrected chi connectivity index (χ2v) is 5.04. The zero-order valence-corrected chi connectivity index (χ0v) is 11.7. The molecule has 7 heteroatoms. The molecule has 0 aromatic carbocycles. The lowest BCUT2D eigenvalue weighted by Crippen LogP contribution is -2.50. The van der Waals surface area contributed by atoms with Crippen LogP contribution in [0.5, 0.6) is 0 Å². The van der Waals surface area contributed by atoms with Gasteiger partial charge in [0.15, 0.2) is 0 Å². The highest BCUT2D eigenvalue weighted by Gasteiger charge is 2.31. The van der Waals surface area contributed by atoms with Crippen molar-refractivity contribution in [1.29, 1.82) is 0 Å². The van der Waals surface area contributed by atoms with E-state index in [1.54, 1.807) is 11.6 Å². The Hall–Kier alpha value is -1.63. The van der Waals surface area contributed by atoms with E-state index in [9.17, 15) is 10.1 Å². The maximum Gasteiger partial charge on any atom is 0.333 e. The minimum atomic E-state index is -0.309. The largest absolute Gasteiger partial charge is 0.348 e. The fourth-order valence-corrected chi connectivity index (χ4v) is 2.58. The van der Waals surface area contributed by atoms with E-state index in [4.69, 9.17) is 0 Å². The van der Waals surface area contributed by atoms with E-state index in [0.717, 1.165) is 26.1 Å². The number of rotatable bonds is 4. The average Bonchev–Trinajstić information content (AvgIpc) is 2.66. The van der Waals surface area contributed by atoms with Crippen molar-refractivity contribution in [2.24, 2.45) is 0 Å². The Balaban J connectivity index is 2.42. The summed E-state index contributed by atoms with van der Waals surface area (Å²) in [6.07, 6.45) is 0.910. The summed E-state index contributed by atoms with van der Waals surface area (Å²) in [6, 6.07) is 0.332. The third-order valence-electron chi connectivity index (χ3n) is 3.36. The highest BCUT2D eigenvalue weighted by Crippen LogP contribution is 2.32. The topological polar surface area (TPSA) is 76.2 Å². The average molecular weight is 267 g/mol. The molecule has 19 heavy (non-hydrogen) atoms. The predicted octanol–water partition coefficient (Wildman–Crippen LogP) is 1.31. The zero-order chi connectivity index (χ0) is 14.0. The van der Waals surface area contributed by atoms with E-state index in [-0.39, 0.29) is 10.6 Å². The summed E-state index contributed by atoms with van der Waals surface area (Å²) in [7, 11) is 0. The first-order valence-electron chi connectivity index (χ1n) is 6.74. The van der Waals surface area contributed by atoms with Crippen molar-refractivity contribution in [2.45, 2.75) is 39.8 Å². The number of aryl methyl sites for hydroxylation is 2. The summed E-state index contributed by atoms with van der Waals surface area (Å²) < 4.78 is 1.78. The van der Waals surface area contributed by atoms with E-state index in [1.165, 1.54) is 0 Å². The van der Waals surface area contributed by atoms with Crippen LogP contribution in [0.3, 0.4) is 0 Å². The summed E-state index contributed by atoms with van der Waals surface area (Å²) in [5.41, 5.74) is 0.655. The first-order valence-corrected chi connectivity index (χ1v) is 6.74. The number of anilines is 1. The molecular weight excluding hydrogens is 246 g/mol. The molecule has 1 fully saturated rings. The van der Waals surface area contributed by atoms with Gasteiger partial charge in [0.2, 0.25) is 5.82 Å². The van der Waals surface area contributed by atoms with Gasteiger partial charge in [0.25, 0.3) is 0 Å². The Morgan fingerprint density at radius 2 is 2.32 bits per heavy atom. The Labute approximate surface area is 112 Å². The van der Waals surface area contributed by atoms with Crippen LogP contribution in [0.1, 0.15) is 26.0 Å². The van der Waals surface area contributed by atoms with Crippen LogP contribution in [0, 0.1) is 17.0 Å². The minimum Gasteiger partial charge on any atom is -0.348 e. The second kappa shape index (κ2) is 5.56. The lowest BCUT2D eigenvalue weighted by Gasteiger charge is -2.33. The van der Waals surface area contributed by atoms with Gasteiger partial charge in [-0.15, -0.1) is 0 Å². The van der Waals surface area contributed by atoms with Crippen LogP contribution >= 0.6 is 0 Å². The van der Waals surface area contributed by atoms with Gasteiger partial charge in [-0.2, -0.15) is 5.10 Å². The molecule has 0 aliphatic carbocycles. The standard InChI is InChI=1S/C12H21N5O2/c1-4-6-16-12(11(17(18)19)10(3)14-16)15-7-5-13-9(2)8-15/h9,13H,4-8H2,1-3H3/t9-/m1/s1. The van der Waals surface area contributed by atoms with E-state index >= 15 is 0 Å². The van der Waals surface area contributed by atoms with Gasteiger partial charge >= 0.3 is 5.69 Å². The van der Waals surface area contributed by atoms with Gasteiger partial charge in [0.05, 0.1) is 4.92 Å². The zero-order valence-electron chi connectivity index (χ0n) is 11.7. The highest BCUT2D eigenvalue weighted by molar-refractivity contribution is 5.61. The number of piperazine rings is 1. The third-order valence-corrected chi connectivity index (χ3v) is 3.36. The predicted molar refractivity (Wildman–Crippen MR) is 73.6 cm³/mol. The lowest BCUT2D eigenvalue weighted by atomic mass is 10.2. The van der Waals surface area contributed by atoms with Crippen LogP contribution < -0.4 is 10.2 Å². The molecule has 7 nitrogen and oxygen atoms in total. The molecule has 0 amide bonds. The molecule has 1 aliphatic rings. The van der Waals surface area contributed by atoms with Crippen LogP contribution in [0.25, 0.3) is 0 Å². The summed E-state index contributed by atoms with van der Waals surface area (Å²) in [4.78, 5) is 13.1. The lowest BCUT2D eigenvalue weighted by molar-refractivity contribution is -0.384. The van der Waals surface area contributed by atoms with Gasteiger partial charge in [-0.1, -0.05) is 6.92 Å². The molecule has 0 radical (unpaired) electrons. The molecule has 106 valence electrons. The number of nitrogens with one attached hydrogen (secondary N) is 1. The Morgan fingerprint density at radius 3 is 2.89 bits per heavy atom. The quantitative estimate of drug-likeness (QED) is 0.657. The monoisotopic (exact) mass is 267 g/mol. The highest BCUT2D eigenvalue weighted by atomic mass is 16.6. The summed E-state index contributed by atoms with van der Waals surface area (Å²) in [5, 5.41) is 19.0. The Morgan fingerprint density at radius 1 is 1.58 bits per heavy atom. The van der Waals surface area contributed by atoms with Crippen molar-refractivity contribution >= 4 is 11.5 Å². The SMILES string of the molecule is CCCn1nc(C)c([N+](=O)[O-])c1N1CCN[C@H](C)C1. The molecule has 2 rings (SSSR count). The smallest absolute Gasteiger partial charge is 0.333 e. The van der Waals surface area contributed by atoms with E-state index < -0.39 is 0 Å². The van der Waals surface area contributed by atoms with E-state index in [0.29, 0.717) is 24.1 Å². The number of nitro groups is 1. The van der Waals surface area contributed by atoms with Crippen molar-refractivity contribution in [1.82, 2.24) is 15.1 Å². The van der Waals surface area contributed by atoms with Crippen molar-refractivity contribution in [3.05, 3.63) is 15.8 Å². The molecule has 1 aromatic rings. The van der Waals surface area contributed by atoms with Crippen molar-refractivity contribution in [2.75, 3.05) is 24.5 Å². The summed E-state index contributed by atoms with van der Waals surface area (Å²) >= 11 is 0. The molecule has 1 aromatic heterocycles. The van der Waals surface area contributed by atoms with Gasteiger partial charge in [-0.3, -0.25) is 10.1 Å². The van der Waals surface area contributed by atoms with Gasteiger partial charge in [-0.25, -0.2) is 4.68 Å². The molecule has 0 spiro atoms. The maximum absolute atomic E-state index is 11.3. The van der Waals surface area contributed by atoms with Gasteiger partial charge in [-0.05, 0) is 20.3 Å². The fourth-order valence-electron chi connectivity index (χ4n) is 2.58. The first-order chi connectivity index (χ1) is 9.04. The number of hydrogen-bond acceptors (Lipinski definition) is 5. The normalized spacial score (nSPS) is 19.7. The van der Waals surface area contributed by atoms with Crippen LogP contribution in [0.2, 0.25) is 0 Å². The minimum absolute atomic E-state index is 0.155. The summed E-state index contributed by atoms with van der Waals surface area (Å²) in [6.45, 7) is 8.95. The molecule has 1 N–H and O–H groups in total. The summed E-state index contributed by atoms with van der Waals surface area (Å²) in [5.74, 6) is 0.665. The number of hydrogen-bond donors (Lipinski definition) is 1. The molecule has 0 saturated carbocycles. The van der Waals surface area contributed by atoms with E-state index in [1.807, 2.05) is 6.92 Å². The van der Waals surface area contributed by atoms with Crippen LogP contribution in [-0.4, -0.2) is 40.4 Å². The molecule has 1 aliphatic heterocycles. The Bertz CT molecular complexity index is 471. The second-order valence-electron chi connectivity index (χ2n) is 5.04. The number of nitrogens with zero attached hydrogens (tertiary/aromatic N) is 4. The number of aromatic nitrogens is 2. The molecule has 1 atom stereocenters.